The summed E-state index contributed by atoms with van der Waals surface area (Å²) in [5.41, 5.74) is -0.499. The molecular weight excluding hydrogens is 258 g/mol. The minimum absolute atomic E-state index is 0.0407. The van der Waals surface area contributed by atoms with Crippen molar-refractivity contribution in [3.8, 4) is 0 Å². The minimum atomic E-state index is -0.499. The molecule has 0 aromatic carbocycles. The maximum Gasteiger partial charge on any atom is 0.410 e. The Labute approximate surface area is 121 Å². The van der Waals surface area contributed by atoms with Gasteiger partial charge < -0.3 is 14.4 Å². The number of rotatable bonds is 3. The van der Waals surface area contributed by atoms with Gasteiger partial charge >= 0.3 is 12.1 Å². The highest BCUT2D eigenvalue weighted by Crippen LogP contribution is 2.30. The fraction of sp³-hybridized carbons (Fsp3) is 0.867. The first kappa shape index (κ1) is 16.8. The molecule has 3 atom stereocenters. The van der Waals surface area contributed by atoms with E-state index in [4.69, 9.17) is 9.47 Å². The van der Waals surface area contributed by atoms with Crippen LogP contribution in [-0.4, -0.2) is 42.3 Å². The smallest absolute Gasteiger partial charge is 0.410 e. The van der Waals surface area contributed by atoms with Crippen molar-refractivity contribution in [2.75, 3.05) is 13.7 Å². The van der Waals surface area contributed by atoms with E-state index in [2.05, 4.69) is 0 Å². The number of hydrogen-bond donors (Lipinski definition) is 0. The molecule has 1 aliphatic rings. The second-order valence-corrected chi connectivity index (χ2v) is 6.55. The Bertz CT molecular complexity index is 361. The zero-order valence-corrected chi connectivity index (χ0v) is 13.4. The summed E-state index contributed by atoms with van der Waals surface area (Å²) >= 11 is 0. The lowest BCUT2D eigenvalue weighted by molar-refractivity contribution is -0.147. The Hall–Kier alpha value is -1.26. The predicted molar refractivity (Wildman–Crippen MR) is 76.3 cm³/mol. The molecule has 1 saturated heterocycles. The van der Waals surface area contributed by atoms with Crippen molar-refractivity contribution >= 4 is 12.1 Å². The number of carbonyl (C=O) groups excluding carboxylic acids is 2. The van der Waals surface area contributed by atoms with Crippen LogP contribution < -0.4 is 0 Å². The summed E-state index contributed by atoms with van der Waals surface area (Å²) < 4.78 is 10.2. The van der Waals surface area contributed by atoms with E-state index in [-0.39, 0.29) is 29.9 Å². The quantitative estimate of drug-likeness (QED) is 0.748. The lowest BCUT2D eigenvalue weighted by Crippen LogP contribution is -2.44. The largest absolute Gasteiger partial charge is 0.469 e. The van der Waals surface area contributed by atoms with Crippen LogP contribution >= 0.6 is 0 Å². The van der Waals surface area contributed by atoms with E-state index in [9.17, 15) is 9.59 Å². The number of ether oxygens (including phenoxy) is 2. The van der Waals surface area contributed by atoms with Gasteiger partial charge in [-0.2, -0.15) is 0 Å². The minimum Gasteiger partial charge on any atom is -0.469 e. The number of amides is 1. The molecule has 0 aromatic rings. The third-order valence-electron chi connectivity index (χ3n) is 3.90. The van der Waals surface area contributed by atoms with Crippen LogP contribution in [0.25, 0.3) is 0 Å². The monoisotopic (exact) mass is 285 g/mol. The molecule has 0 spiro atoms. The van der Waals surface area contributed by atoms with Gasteiger partial charge in [-0.3, -0.25) is 4.79 Å². The van der Waals surface area contributed by atoms with E-state index in [1.54, 1.807) is 4.90 Å². The molecule has 116 valence electrons. The first-order valence-corrected chi connectivity index (χ1v) is 7.25. The molecule has 5 nitrogen and oxygen atoms in total. The van der Waals surface area contributed by atoms with E-state index in [1.807, 2.05) is 34.6 Å². The van der Waals surface area contributed by atoms with Crippen molar-refractivity contribution in [2.24, 2.45) is 11.8 Å². The van der Waals surface area contributed by atoms with Crippen LogP contribution in [0.2, 0.25) is 0 Å². The van der Waals surface area contributed by atoms with Crippen LogP contribution in [0.1, 0.15) is 47.5 Å². The SMILES string of the molecule is COC(=O)C(C)C(C)C1CCCN1C(=O)OC(C)(C)C. The van der Waals surface area contributed by atoms with Crippen molar-refractivity contribution in [1.82, 2.24) is 4.90 Å². The second-order valence-electron chi connectivity index (χ2n) is 6.55. The normalized spacial score (nSPS) is 22.3. The summed E-state index contributed by atoms with van der Waals surface area (Å²) in [6.45, 7) is 10.1. The summed E-state index contributed by atoms with van der Waals surface area (Å²) in [7, 11) is 1.39. The van der Waals surface area contributed by atoms with Crippen molar-refractivity contribution in [3.05, 3.63) is 0 Å². The molecule has 0 N–H and O–H groups in total. The van der Waals surface area contributed by atoms with E-state index in [0.29, 0.717) is 6.54 Å². The Kier molecular flexibility index (Phi) is 5.42. The molecule has 20 heavy (non-hydrogen) atoms. The van der Waals surface area contributed by atoms with Gasteiger partial charge in [-0.15, -0.1) is 0 Å². The molecular formula is C15H27NO4. The summed E-state index contributed by atoms with van der Waals surface area (Å²) in [4.78, 5) is 25.6. The highest BCUT2D eigenvalue weighted by atomic mass is 16.6. The average molecular weight is 285 g/mol. The van der Waals surface area contributed by atoms with Crippen LogP contribution in [-0.2, 0) is 14.3 Å². The van der Waals surface area contributed by atoms with Crippen LogP contribution in [0.4, 0.5) is 4.79 Å². The zero-order chi connectivity index (χ0) is 15.5. The summed E-state index contributed by atoms with van der Waals surface area (Å²) in [6.07, 6.45) is 1.56. The molecule has 5 heteroatoms. The number of carbonyl (C=O) groups is 2. The fourth-order valence-electron chi connectivity index (χ4n) is 2.62. The lowest BCUT2D eigenvalue weighted by atomic mass is 9.87. The van der Waals surface area contributed by atoms with Gasteiger partial charge in [-0.25, -0.2) is 4.79 Å². The number of hydrogen-bond acceptors (Lipinski definition) is 4. The van der Waals surface area contributed by atoms with E-state index < -0.39 is 5.60 Å². The van der Waals surface area contributed by atoms with Crippen molar-refractivity contribution < 1.29 is 19.1 Å². The number of nitrogens with zero attached hydrogens (tertiary/aromatic N) is 1. The van der Waals surface area contributed by atoms with E-state index in [0.717, 1.165) is 12.8 Å². The first-order valence-electron chi connectivity index (χ1n) is 7.25. The maximum atomic E-state index is 12.2. The molecule has 1 fully saturated rings. The number of methoxy groups -OCH3 is 1. The molecule has 0 bridgehead atoms. The lowest BCUT2D eigenvalue weighted by Gasteiger charge is -2.33. The van der Waals surface area contributed by atoms with Crippen LogP contribution in [0.3, 0.4) is 0 Å². The first-order chi connectivity index (χ1) is 9.17. The van der Waals surface area contributed by atoms with Crippen LogP contribution in [0.5, 0.6) is 0 Å². The van der Waals surface area contributed by atoms with Crippen LogP contribution in [0, 0.1) is 11.8 Å². The molecule has 1 aliphatic heterocycles. The molecule has 0 radical (unpaired) electrons. The highest BCUT2D eigenvalue weighted by molar-refractivity contribution is 5.73. The van der Waals surface area contributed by atoms with Gasteiger partial charge in [-0.1, -0.05) is 13.8 Å². The molecule has 1 heterocycles. The van der Waals surface area contributed by atoms with Gasteiger partial charge in [-0.05, 0) is 39.5 Å². The number of likely N-dealkylation sites (tertiary alicyclic amines) is 1. The Morgan fingerprint density at radius 3 is 2.35 bits per heavy atom. The van der Waals surface area contributed by atoms with Crippen molar-refractivity contribution in [2.45, 2.75) is 59.1 Å². The van der Waals surface area contributed by atoms with Gasteiger partial charge in [0.15, 0.2) is 0 Å². The summed E-state index contributed by atoms with van der Waals surface area (Å²) in [5, 5.41) is 0. The topological polar surface area (TPSA) is 55.8 Å². The third-order valence-corrected chi connectivity index (χ3v) is 3.90. The Balaban J connectivity index is 2.74. The molecule has 1 amide bonds. The highest BCUT2D eigenvalue weighted by Gasteiger charge is 2.38. The van der Waals surface area contributed by atoms with Crippen LogP contribution in [0.15, 0.2) is 0 Å². The Morgan fingerprint density at radius 2 is 1.85 bits per heavy atom. The van der Waals surface area contributed by atoms with E-state index >= 15 is 0 Å². The molecule has 0 saturated carbocycles. The molecule has 0 aliphatic carbocycles. The summed E-state index contributed by atoms with van der Waals surface area (Å²) in [6, 6.07) is 0.0407. The maximum absolute atomic E-state index is 12.2. The van der Waals surface area contributed by atoms with Gasteiger partial charge in [0.05, 0.1) is 13.0 Å². The molecule has 0 aromatic heterocycles. The fourth-order valence-corrected chi connectivity index (χ4v) is 2.62. The Morgan fingerprint density at radius 1 is 1.25 bits per heavy atom. The van der Waals surface area contributed by atoms with Crippen molar-refractivity contribution in [3.63, 3.8) is 0 Å². The second kappa shape index (κ2) is 6.46. The molecule has 3 unspecified atom stereocenters. The van der Waals surface area contributed by atoms with E-state index in [1.165, 1.54) is 7.11 Å². The average Bonchev–Trinajstić information content (AvgIpc) is 2.83. The molecule has 1 rings (SSSR count). The van der Waals surface area contributed by atoms with Gasteiger partial charge in [0.25, 0.3) is 0 Å². The zero-order valence-electron chi connectivity index (χ0n) is 13.4. The standard InChI is InChI=1S/C15H27NO4/c1-10(11(2)13(17)19-6)12-8-7-9-16(12)14(18)20-15(3,4)5/h10-12H,7-9H2,1-6H3. The van der Waals surface area contributed by atoms with Gasteiger partial charge in [0.1, 0.15) is 5.60 Å². The van der Waals surface area contributed by atoms with Gasteiger partial charge in [0, 0.05) is 12.6 Å². The number of esters is 1. The van der Waals surface area contributed by atoms with Crippen molar-refractivity contribution in [1.29, 1.82) is 0 Å². The predicted octanol–water partition coefficient (Wildman–Crippen LogP) is 2.83. The summed E-state index contributed by atoms with van der Waals surface area (Å²) in [5.74, 6) is -0.404. The van der Waals surface area contributed by atoms with Gasteiger partial charge in [0.2, 0.25) is 0 Å². The third kappa shape index (κ3) is 4.12.